The van der Waals surface area contributed by atoms with E-state index in [1.807, 2.05) is 30.3 Å². The Balaban J connectivity index is 2.20. The summed E-state index contributed by atoms with van der Waals surface area (Å²) in [5.74, 6) is 0.735. The quantitative estimate of drug-likeness (QED) is 0.943. The Morgan fingerprint density at radius 3 is 2.89 bits per heavy atom. The number of hydrogen-bond donors (Lipinski definition) is 1. The molecule has 0 spiro atoms. The van der Waals surface area contributed by atoms with E-state index in [0.29, 0.717) is 6.42 Å². The van der Waals surface area contributed by atoms with Crippen molar-refractivity contribution in [3.63, 3.8) is 0 Å². The van der Waals surface area contributed by atoms with Gasteiger partial charge in [-0.2, -0.15) is 0 Å². The van der Waals surface area contributed by atoms with Crippen LogP contribution in [0.25, 0.3) is 0 Å². The van der Waals surface area contributed by atoms with Crippen molar-refractivity contribution in [1.29, 1.82) is 0 Å². The van der Waals surface area contributed by atoms with Crippen molar-refractivity contribution in [1.82, 2.24) is 4.98 Å². The van der Waals surface area contributed by atoms with Gasteiger partial charge >= 0.3 is 0 Å². The number of rotatable bonds is 4. The van der Waals surface area contributed by atoms with Gasteiger partial charge in [0.05, 0.1) is 13.2 Å². The fourth-order valence-electron chi connectivity index (χ4n) is 1.76. The highest BCUT2D eigenvalue weighted by molar-refractivity contribution is 9.10. The Morgan fingerprint density at radius 2 is 2.22 bits per heavy atom. The molecular weight excluding hydrogens is 294 g/mol. The maximum atomic E-state index is 10.3. The minimum absolute atomic E-state index is 0.527. The lowest BCUT2D eigenvalue weighted by molar-refractivity contribution is 0.177. The summed E-state index contributed by atoms with van der Waals surface area (Å²) >= 11 is 3.44. The normalized spacial score (nSPS) is 12.2. The van der Waals surface area contributed by atoms with Crippen molar-refractivity contribution in [2.75, 3.05) is 7.11 Å². The first-order chi connectivity index (χ1) is 8.70. The first kappa shape index (κ1) is 13.1. The number of ether oxygens (including phenoxy) is 1. The largest absolute Gasteiger partial charge is 0.497 e. The molecule has 1 heterocycles. The Morgan fingerprint density at radius 1 is 1.39 bits per heavy atom. The van der Waals surface area contributed by atoms with Gasteiger partial charge in [-0.15, -0.1) is 0 Å². The lowest BCUT2D eigenvalue weighted by Gasteiger charge is -2.14. The Bertz CT molecular complexity index is 516. The highest BCUT2D eigenvalue weighted by Gasteiger charge is 2.13. The van der Waals surface area contributed by atoms with E-state index in [1.165, 1.54) is 0 Å². The fraction of sp³-hybridized carbons (Fsp3) is 0.214. The molecule has 4 heteroatoms. The minimum atomic E-state index is -0.585. The summed E-state index contributed by atoms with van der Waals surface area (Å²) in [4.78, 5) is 4.04. The SMILES string of the molecule is COc1ccc(Br)c(C(O)Cc2cccnc2)c1. The van der Waals surface area contributed by atoms with E-state index >= 15 is 0 Å². The van der Waals surface area contributed by atoms with Crippen LogP contribution in [0, 0.1) is 0 Å². The number of halogens is 1. The second-order valence-corrected chi connectivity index (χ2v) is 4.82. The van der Waals surface area contributed by atoms with E-state index < -0.39 is 6.10 Å². The molecule has 3 nitrogen and oxygen atoms in total. The van der Waals surface area contributed by atoms with Crippen molar-refractivity contribution < 1.29 is 9.84 Å². The molecule has 0 radical (unpaired) electrons. The van der Waals surface area contributed by atoms with Crippen LogP contribution < -0.4 is 4.74 Å². The third-order valence-electron chi connectivity index (χ3n) is 2.71. The molecule has 0 aliphatic rings. The van der Waals surface area contributed by atoms with Gasteiger partial charge in [0.15, 0.2) is 0 Å². The van der Waals surface area contributed by atoms with Crippen molar-refractivity contribution in [2.45, 2.75) is 12.5 Å². The molecule has 1 aromatic carbocycles. The second kappa shape index (κ2) is 5.98. The summed E-state index contributed by atoms with van der Waals surface area (Å²) < 4.78 is 6.04. The third-order valence-corrected chi connectivity index (χ3v) is 3.44. The zero-order valence-electron chi connectivity index (χ0n) is 10.0. The Kier molecular flexibility index (Phi) is 4.33. The summed E-state index contributed by atoms with van der Waals surface area (Å²) in [7, 11) is 1.61. The zero-order valence-corrected chi connectivity index (χ0v) is 11.6. The highest BCUT2D eigenvalue weighted by Crippen LogP contribution is 2.29. The molecule has 0 aliphatic heterocycles. The van der Waals surface area contributed by atoms with Crippen LogP contribution in [-0.4, -0.2) is 17.2 Å². The minimum Gasteiger partial charge on any atom is -0.497 e. The van der Waals surface area contributed by atoms with Crippen LogP contribution in [0.15, 0.2) is 47.2 Å². The van der Waals surface area contributed by atoms with Gasteiger partial charge in [-0.1, -0.05) is 22.0 Å². The lowest BCUT2D eigenvalue weighted by Crippen LogP contribution is -2.03. The molecule has 0 aliphatic carbocycles. The average Bonchev–Trinajstić information content (AvgIpc) is 2.40. The fourth-order valence-corrected chi connectivity index (χ4v) is 2.27. The molecule has 1 unspecified atom stereocenters. The number of nitrogens with zero attached hydrogens (tertiary/aromatic N) is 1. The third kappa shape index (κ3) is 3.09. The summed E-state index contributed by atoms with van der Waals surface area (Å²) in [5.41, 5.74) is 1.82. The van der Waals surface area contributed by atoms with E-state index in [1.54, 1.807) is 19.5 Å². The van der Waals surface area contributed by atoms with Crippen LogP contribution >= 0.6 is 15.9 Å². The molecule has 18 heavy (non-hydrogen) atoms. The monoisotopic (exact) mass is 307 g/mol. The smallest absolute Gasteiger partial charge is 0.119 e. The molecule has 0 bridgehead atoms. The number of aliphatic hydroxyl groups excluding tert-OH is 1. The van der Waals surface area contributed by atoms with Crippen molar-refractivity contribution in [2.24, 2.45) is 0 Å². The number of hydrogen-bond acceptors (Lipinski definition) is 3. The molecule has 2 rings (SSSR count). The first-order valence-corrected chi connectivity index (χ1v) is 6.40. The number of benzene rings is 1. The van der Waals surface area contributed by atoms with Crippen LogP contribution in [0.3, 0.4) is 0 Å². The van der Waals surface area contributed by atoms with E-state index in [4.69, 9.17) is 4.74 Å². The number of pyridine rings is 1. The average molecular weight is 308 g/mol. The standard InChI is InChI=1S/C14H14BrNO2/c1-18-11-4-5-13(15)12(8-11)14(17)7-10-3-2-6-16-9-10/h2-6,8-9,14,17H,7H2,1H3. The number of aliphatic hydroxyl groups is 1. The number of aromatic nitrogens is 1. The molecule has 0 amide bonds. The topological polar surface area (TPSA) is 42.4 Å². The van der Waals surface area contributed by atoms with Crippen molar-refractivity contribution in [3.05, 3.63) is 58.3 Å². The number of methoxy groups -OCH3 is 1. The Labute approximate surface area is 115 Å². The maximum absolute atomic E-state index is 10.3. The summed E-state index contributed by atoms with van der Waals surface area (Å²) in [6.07, 6.45) is 3.42. The molecule has 94 valence electrons. The van der Waals surface area contributed by atoms with Gasteiger partial charge in [-0.3, -0.25) is 4.98 Å². The predicted molar refractivity (Wildman–Crippen MR) is 73.6 cm³/mol. The molecule has 0 saturated carbocycles. The van der Waals surface area contributed by atoms with Gasteiger partial charge in [0.1, 0.15) is 5.75 Å². The molecule has 0 fully saturated rings. The van der Waals surface area contributed by atoms with Crippen LogP contribution in [-0.2, 0) is 6.42 Å². The maximum Gasteiger partial charge on any atom is 0.119 e. The first-order valence-electron chi connectivity index (χ1n) is 5.61. The summed E-state index contributed by atoms with van der Waals surface area (Å²) in [6.45, 7) is 0. The Hall–Kier alpha value is -1.39. The molecule has 0 saturated heterocycles. The van der Waals surface area contributed by atoms with Crippen LogP contribution in [0.1, 0.15) is 17.2 Å². The summed E-state index contributed by atoms with van der Waals surface area (Å²) in [6, 6.07) is 9.38. The predicted octanol–water partition coefficient (Wildman–Crippen LogP) is 3.13. The van der Waals surface area contributed by atoms with Gasteiger partial charge in [0.25, 0.3) is 0 Å². The summed E-state index contributed by atoms with van der Waals surface area (Å²) in [5, 5.41) is 10.3. The van der Waals surface area contributed by atoms with E-state index in [-0.39, 0.29) is 0 Å². The second-order valence-electron chi connectivity index (χ2n) is 3.97. The molecular formula is C14H14BrNO2. The molecule has 2 aromatic rings. The highest BCUT2D eigenvalue weighted by atomic mass is 79.9. The zero-order chi connectivity index (χ0) is 13.0. The van der Waals surface area contributed by atoms with Crippen molar-refractivity contribution in [3.8, 4) is 5.75 Å². The van der Waals surface area contributed by atoms with E-state index in [9.17, 15) is 5.11 Å². The van der Waals surface area contributed by atoms with Gasteiger partial charge in [0, 0.05) is 23.3 Å². The van der Waals surface area contributed by atoms with Crippen LogP contribution in [0.5, 0.6) is 5.75 Å². The van der Waals surface area contributed by atoms with Crippen molar-refractivity contribution >= 4 is 15.9 Å². The van der Waals surface area contributed by atoms with Gasteiger partial charge in [-0.05, 0) is 35.4 Å². The van der Waals surface area contributed by atoms with Crippen LogP contribution in [0.2, 0.25) is 0 Å². The molecule has 1 atom stereocenters. The molecule has 1 N–H and O–H groups in total. The van der Waals surface area contributed by atoms with Crippen LogP contribution in [0.4, 0.5) is 0 Å². The van der Waals surface area contributed by atoms with Gasteiger partial charge < -0.3 is 9.84 Å². The van der Waals surface area contributed by atoms with E-state index in [2.05, 4.69) is 20.9 Å². The lowest BCUT2D eigenvalue weighted by atomic mass is 10.0. The van der Waals surface area contributed by atoms with E-state index in [0.717, 1.165) is 21.3 Å². The van der Waals surface area contributed by atoms with Gasteiger partial charge in [0.2, 0.25) is 0 Å². The van der Waals surface area contributed by atoms with Gasteiger partial charge in [-0.25, -0.2) is 0 Å². The molecule has 1 aromatic heterocycles.